The number of amides is 1. The Kier molecular flexibility index (Phi) is 6.69. The Morgan fingerprint density at radius 3 is 2.68 bits per heavy atom. The number of hydrogen-bond acceptors (Lipinski definition) is 4. The molecule has 1 aliphatic rings. The molecule has 0 heterocycles. The highest BCUT2D eigenvalue weighted by Crippen LogP contribution is 2.29. The van der Waals surface area contributed by atoms with Crippen LogP contribution in [0.5, 0.6) is 11.5 Å². The maximum absolute atomic E-state index is 10.9. The topological polar surface area (TPSA) is 73.6 Å². The average Bonchev–Trinajstić information content (AvgIpc) is 2.61. The van der Waals surface area contributed by atoms with Crippen LogP contribution in [0, 0.1) is 0 Å². The minimum Gasteiger partial charge on any atom is -0.493 e. The van der Waals surface area contributed by atoms with Crippen LogP contribution in [-0.4, -0.2) is 26.7 Å². The number of allylic oxidation sites excluding steroid dienone is 5. The predicted octanol–water partition coefficient (Wildman–Crippen LogP) is 3.18. The molecule has 5 nitrogen and oxygen atoms in total. The van der Waals surface area contributed by atoms with Gasteiger partial charge in [0.15, 0.2) is 11.5 Å². The quantitative estimate of drug-likeness (QED) is 0.798. The van der Waals surface area contributed by atoms with Crippen LogP contribution in [0.15, 0.2) is 47.2 Å². The molecule has 0 saturated carbocycles. The lowest BCUT2D eigenvalue weighted by Gasteiger charge is -2.21. The summed E-state index contributed by atoms with van der Waals surface area (Å²) in [6.07, 6.45) is 9.25. The molecule has 5 heteroatoms. The highest BCUT2D eigenvalue weighted by atomic mass is 16.5. The molecule has 0 aliphatic heterocycles. The van der Waals surface area contributed by atoms with Gasteiger partial charge >= 0.3 is 0 Å². The molecule has 1 aromatic carbocycles. The summed E-state index contributed by atoms with van der Waals surface area (Å²) in [6.45, 7) is 2.26. The molecule has 1 amide bonds. The fraction of sp³-hybridized carbons (Fsp3) is 0.350. The summed E-state index contributed by atoms with van der Waals surface area (Å²) < 4.78 is 10.6. The number of carbonyl (C=O) groups is 1. The molecular formula is C20H26N2O3. The van der Waals surface area contributed by atoms with Gasteiger partial charge in [-0.2, -0.15) is 0 Å². The van der Waals surface area contributed by atoms with Crippen molar-refractivity contribution in [1.29, 1.82) is 0 Å². The van der Waals surface area contributed by atoms with Crippen LogP contribution in [0.4, 0.5) is 0 Å². The summed E-state index contributed by atoms with van der Waals surface area (Å²) in [5.74, 6) is 1.09. The van der Waals surface area contributed by atoms with Crippen LogP contribution in [0.1, 0.15) is 31.7 Å². The number of methoxy groups -OCH3 is 2. The molecule has 134 valence electrons. The number of ether oxygens (including phenoxy) is 2. The van der Waals surface area contributed by atoms with E-state index in [-0.39, 0.29) is 12.5 Å². The fourth-order valence-electron chi connectivity index (χ4n) is 2.88. The Hall–Kier alpha value is -2.69. The molecule has 3 N–H and O–H groups in total. The fourth-order valence-corrected chi connectivity index (χ4v) is 2.88. The van der Waals surface area contributed by atoms with E-state index in [4.69, 9.17) is 15.2 Å². The van der Waals surface area contributed by atoms with Crippen LogP contribution < -0.4 is 20.5 Å². The molecule has 0 radical (unpaired) electrons. The molecule has 25 heavy (non-hydrogen) atoms. The van der Waals surface area contributed by atoms with Gasteiger partial charge in [0.1, 0.15) is 0 Å². The zero-order valence-corrected chi connectivity index (χ0v) is 15.1. The lowest BCUT2D eigenvalue weighted by molar-refractivity contribution is -0.117. The zero-order chi connectivity index (χ0) is 18.2. The first-order chi connectivity index (χ1) is 12.0. The van der Waals surface area contributed by atoms with Crippen molar-refractivity contribution in [2.75, 3.05) is 20.8 Å². The first-order valence-corrected chi connectivity index (χ1v) is 8.36. The van der Waals surface area contributed by atoms with E-state index in [1.165, 1.54) is 11.1 Å². The maximum Gasteiger partial charge on any atom is 0.236 e. The van der Waals surface area contributed by atoms with Crippen molar-refractivity contribution >= 4 is 12.0 Å². The van der Waals surface area contributed by atoms with Crippen molar-refractivity contribution in [2.45, 2.75) is 26.2 Å². The Balaban J connectivity index is 2.13. The van der Waals surface area contributed by atoms with Crippen LogP contribution in [0.3, 0.4) is 0 Å². The molecule has 0 fully saturated rings. The summed E-state index contributed by atoms with van der Waals surface area (Å²) in [4.78, 5) is 10.9. The Labute approximate surface area is 149 Å². The van der Waals surface area contributed by atoms with Gasteiger partial charge in [0.2, 0.25) is 5.91 Å². The third-order valence-electron chi connectivity index (χ3n) is 4.28. The SMILES string of the molecule is COc1ccc(/C=C/C=C2/CCCC(NCC(N)=O)=C2C)cc1OC. The van der Waals surface area contributed by atoms with Gasteiger partial charge in [-0.25, -0.2) is 0 Å². The number of nitrogens with one attached hydrogen (secondary N) is 1. The zero-order valence-electron chi connectivity index (χ0n) is 15.1. The van der Waals surface area contributed by atoms with E-state index in [0.717, 1.165) is 30.5 Å². The summed E-state index contributed by atoms with van der Waals surface area (Å²) in [5, 5.41) is 3.15. The molecule has 2 rings (SSSR count). The van der Waals surface area contributed by atoms with Crippen molar-refractivity contribution in [3.8, 4) is 11.5 Å². The summed E-state index contributed by atoms with van der Waals surface area (Å²) in [7, 11) is 3.25. The van der Waals surface area contributed by atoms with Crippen LogP contribution in [0.2, 0.25) is 0 Å². The molecule has 0 unspecified atom stereocenters. The van der Waals surface area contributed by atoms with Gasteiger partial charge in [-0.3, -0.25) is 4.79 Å². The second-order valence-electron chi connectivity index (χ2n) is 5.94. The van der Waals surface area contributed by atoms with Gasteiger partial charge in [0.25, 0.3) is 0 Å². The second-order valence-corrected chi connectivity index (χ2v) is 5.94. The Morgan fingerprint density at radius 2 is 2.00 bits per heavy atom. The van der Waals surface area contributed by atoms with Crippen molar-refractivity contribution in [3.05, 3.63) is 52.8 Å². The van der Waals surface area contributed by atoms with E-state index >= 15 is 0 Å². The standard InChI is InChI=1S/C20H26N2O3/c1-14-16(8-5-9-17(14)22-13-20(21)23)7-4-6-15-10-11-18(24-2)19(12-15)25-3/h4,6-7,10-12,22H,5,8-9,13H2,1-3H3,(H2,21,23)/b6-4+,16-7-. The van der Waals surface area contributed by atoms with E-state index in [0.29, 0.717) is 11.5 Å². The van der Waals surface area contributed by atoms with Crippen molar-refractivity contribution < 1.29 is 14.3 Å². The first kappa shape index (κ1) is 18.6. The molecule has 1 aromatic rings. The smallest absolute Gasteiger partial charge is 0.236 e. The highest BCUT2D eigenvalue weighted by Gasteiger charge is 2.13. The average molecular weight is 342 g/mol. The number of nitrogens with two attached hydrogens (primary N) is 1. The Morgan fingerprint density at radius 1 is 1.24 bits per heavy atom. The Bertz CT molecular complexity index is 718. The van der Waals surface area contributed by atoms with Crippen LogP contribution in [0.25, 0.3) is 6.08 Å². The summed E-state index contributed by atoms with van der Waals surface area (Å²) in [5.41, 5.74) is 9.83. The van der Waals surface area contributed by atoms with Gasteiger partial charge < -0.3 is 20.5 Å². The van der Waals surface area contributed by atoms with E-state index in [2.05, 4.69) is 18.3 Å². The lowest BCUT2D eigenvalue weighted by Crippen LogP contribution is -2.29. The molecular weight excluding hydrogens is 316 g/mol. The molecule has 0 saturated heterocycles. The normalized spacial score (nSPS) is 16.4. The molecule has 0 bridgehead atoms. The van der Waals surface area contributed by atoms with E-state index in [1.807, 2.05) is 30.4 Å². The monoisotopic (exact) mass is 342 g/mol. The van der Waals surface area contributed by atoms with Crippen molar-refractivity contribution in [3.63, 3.8) is 0 Å². The van der Waals surface area contributed by atoms with Crippen LogP contribution in [-0.2, 0) is 4.79 Å². The largest absolute Gasteiger partial charge is 0.493 e. The van der Waals surface area contributed by atoms with Crippen molar-refractivity contribution in [2.24, 2.45) is 5.73 Å². The summed E-state index contributed by atoms with van der Waals surface area (Å²) in [6, 6.07) is 5.82. The third kappa shape index (κ3) is 5.14. The number of carbonyl (C=O) groups excluding carboxylic acids is 1. The maximum atomic E-state index is 10.9. The van der Waals surface area contributed by atoms with Crippen LogP contribution >= 0.6 is 0 Å². The molecule has 0 atom stereocenters. The van der Waals surface area contributed by atoms with Gasteiger partial charge in [0.05, 0.1) is 20.8 Å². The predicted molar refractivity (Wildman–Crippen MR) is 100 cm³/mol. The van der Waals surface area contributed by atoms with Gasteiger partial charge in [0, 0.05) is 5.70 Å². The number of primary amides is 1. The number of rotatable bonds is 7. The summed E-state index contributed by atoms with van der Waals surface area (Å²) >= 11 is 0. The third-order valence-corrected chi connectivity index (χ3v) is 4.28. The second kappa shape index (κ2) is 8.97. The van der Waals surface area contributed by atoms with Gasteiger partial charge in [-0.05, 0) is 55.0 Å². The van der Waals surface area contributed by atoms with E-state index < -0.39 is 0 Å². The van der Waals surface area contributed by atoms with E-state index in [9.17, 15) is 4.79 Å². The van der Waals surface area contributed by atoms with Gasteiger partial charge in [-0.15, -0.1) is 0 Å². The molecule has 0 aromatic heterocycles. The van der Waals surface area contributed by atoms with E-state index in [1.54, 1.807) is 14.2 Å². The van der Waals surface area contributed by atoms with Crippen molar-refractivity contribution in [1.82, 2.24) is 5.32 Å². The molecule has 0 spiro atoms. The van der Waals surface area contributed by atoms with Gasteiger partial charge in [-0.1, -0.05) is 24.3 Å². The first-order valence-electron chi connectivity index (χ1n) is 8.36. The number of hydrogen-bond donors (Lipinski definition) is 2. The lowest BCUT2D eigenvalue weighted by atomic mass is 9.91. The molecule has 1 aliphatic carbocycles. The highest BCUT2D eigenvalue weighted by molar-refractivity contribution is 5.76. The minimum absolute atomic E-state index is 0.182. The minimum atomic E-state index is -0.343. The number of benzene rings is 1.